The molecule has 2 rings (SSSR count). The first-order valence-electron chi connectivity index (χ1n) is 5.49. The Balaban J connectivity index is 2.61. The molecule has 3 N–H and O–H groups in total. The van der Waals surface area contributed by atoms with Gasteiger partial charge in [0, 0.05) is 17.9 Å². The van der Waals surface area contributed by atoms with Crippen LogP contribution in [0.15, 0.2) is 12.1 Å². The Kier molecular flexibility index (Phi) is 5.09. The molecule has 0 spiro atoms. The fraction of sp³-hybridized carbons (Fsp3) is 0.0833. The molecule has 0 saturated heterocycles. The van der Waals surface area contributed by atoms with Gasteiger partial charge in [0.05, 0.1) is 0 Å². The molecule has 0 aliphatic heterocycles. The molecule has 0 atom stereocenters. The molecule has 0 radical (unpaired) electrons. The van der Waals surface area contributed by atoms with Crippen LogP contribution in [-0.4, -0.2) is 33.6 Å². The van der Waals surface area contributed by atoms with Crippen LogP contribution < -0.4 is 5.32 Å². The molecule has 9 heteroatoms. The summed E-state index contributed by atoms with van der Waals surface area (Å²) in [7, 11) is 0. The first kappa shape index (κ1) is 16.5. The minimum Gasteiger partial charge on any atom is -0.505 e. The molecule has 1 amide bonds. The lowest BCUT2D eigenvalue weighted by atomic mass is 10.1. The van der Waals surface area contributed by atoms with Crippen molar-refractivity contribution in [3.05, 3.63) is 30.1 Å². The maximum Gasteiger partial charge on any atom is 0.322 e. The van der Waals surface area contributed by atoms with Crippen LogP contribution in [0.1, 0.15) is 10.5 Å². The highest BCUT2D eigenvalue weighted by atomic mass is 127. The van der Waals surface area contributed by atoms with Gasteiger partial charge in [0.25, 0.3) is 5.91 Å². The first-order valence-corrected chi connectivity index (χ1v) is 8.02. The molecule has 2 aromatic rings. The fourth-order valence-electron chi connectivity index (χ4n) is 1.68. The molecule has 0 saturated carbocycles. The molecule has 0 aliphatic rings. The maximum atomic E-state index is 11.9. The summed E-state index contributed by atoms with van der Waals surface area (Å²) in [6, 6.07) is 3.52. The average molecular weight is 532 g/mol. The van der Waals surface area contributed by atoms with E-state index in [0.717, 1.165) is 7.14 Å². The van der Waals surface area contributed by atoms with Crippen LogP contribution >= 0.6 is 56.8 Å². The second kappa shape index (κ2) is 6.48. The third-order valence-corrected chi connectivity index (χ3v) is 5.94. The number of nitrogens with zero attached hydrogens (tertiary/aromatic N) is 1. The number of aromatic nitrogens is 1. The van der Waals surface area contributed by atoms with Gasteiger partial charge in [0.2, 0.25) is 0 Å². The van der Waals surface area contributed by atoms with Crippen molar-refractivity contribution in [1.29, 1.82) is 0 Å². The third kappa shape index (κ3) is 3.31. The predicted molar refractivity (Wildman–Crippen MR) is 93.8 cm³/mol. The number of hydrogen-bond acceptors (Lipinski definition) is 4. The monoisotopic (exact) mass is 532 g/mol. The second-order valence-electron chi connectivity index (χ2n) is 3.96. The van der Waals surface area contributed by atoms with Gasteiger partial charge >= 0.3 is 5.97 Å². The molecule has 110 valence electrons. The van der Waals surface area contributed by atoms with Crippen molar-refractivity contribution in [1.82, 2.24) is 10.3 Å². The number of rotatable bonds is 3. The minimum atomic E-state index is -1.20. The zero-order valence-corrected chi connectivity index (χ0v) is 15.2. The maximum absolute atomic E-state index is 11.9. The Hall–Kier alpha value is -0.880. The van der Waals surface area contributed by atoms with Crippen LogP contribution in [-0.2, 0) is 4.79 Å². The van der Waals surface area contributed by atoms with Gasteiger partial charge in [0.1, 0.15) is 11.7 Å². The fourth-order valence-corrected chi connectivity index (χ4v) is 3.10. The number of aliphatic carboxylic acids is 1. The van der Waals surface area contributed by atoms with Crippen LogP contribution in [0.25, 0.3) is 10.8 Å². The van der Waals surface area contributed by atoms with Gasteiger partial charge in [-0.15, -0.1) is 0 Å². The predicted octanol–water partition coefficient (Wildman–Crippen LogP) is 2.62. The Morgan fingerprint density at radius 1 is 1.33 bits per heavy atom. The van der Waals surface area contributed by atoms with Crippen LogP contribution in [0, 0.1) is 7.14 Å². The van der Waals surface area contributed by atoms with Crippen molar-refractivity contribution in [2.24, 2.45) is 0 Å². The number of carboxylic acids is 1. The SMILES string of the molecule is O=C(O)CNC(=O)c1nc(Cl)c2ccc(I)c(I)c2c1O. The number of carbonyl (C=O) groups excluding carboxylic acids is 1. The summed E-state index contributed by atoms with van der Waals surface area (Å²) < 4.78 is 1.62. The summed E-state index contributed by atoms with van der Waals surface area (Å²) in [4.78, 5) is 26.2. The van der Waals surface area contributed by atoms with E-state index in [-0.39, 0.29) is 16.6 Å². The standard InChI is InChI=1S/C12H7ClI2N2O4/c13-11-4-1-2-5(14)8(15)7(4)10(20)9(17-11)12(21)16-3-6(18)19/h1-2,20H,3H2,(H,16,21)(H,18,19). The Morgan fingerprint density at radius 3 is 2.62 bits per heavy atom. The van der Waals surface area contributed by atoms with Gasteiger partial charge in [-0.3, -0.25) is 9.59 Å². The summed E-state index contributed by atoms with van der Waals surface area (Å²) in [5.41, 5.74) is -0.298. The summed E-state index contributed by atoms with van der Waals surface area (Å²) in [5, 5.41) is 22.0. The molecule has 0 fully saturated rings. The lowest BCUT2D eigenvalue weighted by Gasteiger charge is -2.11. The molecule has 21 heavy (non-hydrogen) atoms. The van der Waals surface area contributed by atoms with E-state index in [1.54, 1.807) is 6.07 Å². The highest BCUT2D eigenvalue weighted by Gasteiger charge is 2.21. The smallest absolute Gasteiger partial charge is 0.322 e. The summed E-state index contributed by atoms with van der Waals surface area (Å²) in [5.74, 6) is -2.31. The zero-order valence-electron chi connectivity index (χ0n) is 10.2. The van der Waals surface area contributed by atoms with Crippen LogP contribution in [0.4, 0.5) is 0 Å². The van der Waals surface area contributed by atoms with Gasteiger partial charge < -0.3 is 15.5 Å². The number of pyridine rings is 1. The van der Waals surface area contributed by atoms with Crippen LogP contribution in [0.3, 0.4) is 0 Å². The van der Waals surface area contributed by atoms with Crippen molar-refractivity contribution >= 4 is 79.4 Å². The number of fused-ring (bicyclic) bond motifs is 1. The number of hydrogen-bond donors (Lipinski definition) is 3. The molecule has 0 bridgehead atoms. The molecule has 1 aromatic heterocycles. The van der Waals surface area contributed by atoms with Crippen molar-refractivity contribution < 1.29 is 19.8 Å². The van der Waals surface area contributed by atoms with E-state index in [0.29, 0.717) is 10.8 Å². The second-order valence-corrected chi connectivity index (χ2v) is 6.56. The Morgan fingerprint density at radius 2 is 2.00 bits per heavy atom. The highest BCUT2D eigenvalue weighted by Crippen LogP contribution is 2.37. The molecule has 6 nitrogen and oxygen atoms in total. The van der Waals surface area contributed by atoms with E-state index in [1.807, 2.05) is 28.7 Å². The third-order valence-electron chi connectivity index (χ3n) is 2.60. The Labute approximate surface area is 151 Å². The van der Waals surface area contributed by atoms with E-state index in [2.05, 4.69) is 32.9 Å². The number of carbonyl (C=O) groups is 2. The van der Waals surface area contributed by atoms with Crippen molar-refractivity contribution in [3.63, 3.8) is 0 Å². The number of halogens is 3. The first-order chi connectivity index (χ1) is 9.82. The number of nitrogens with one attached hydrogen (secondary N) is 1. The molecule has 0 unspecified atom stereocenters. The van der Waals surface area contributed by atoms with Gasteiger partial charge in [-0.1, -0.05) is 17.7 Å². The van der Waals surface area contributed by atoms with Crippen molar-refractivity contribution in [2.45, 2.75) is 0 Å². The van der Waals surface area contributed by atoms with E-state index in [1.165, 1.54) is 0 Å². The molecule has 0 aliphatic carbocycles. The quantitative estimate of drug-likeness (QED) is 0.417. The molecular weight excluding hydrogens is 525 g/mol. The number of amides is 1. The zero-order chi connectivity index (χ0) is 15.7. The van der Waals surface area contributed by atoms with Crippen molar-refractivity contribution in [2.75, 3.05) is 6.54 Å². The van der Waals surface area contributed by atoms with Gasteiger partial charge in [-0.25, -0.2) is 4.98 Å². The summed E-state index contributed by atoms with van der Waals surface area (Å²) in [6.45, 7) is -0.570. The lowest BCUT2D eigenvalue weighted by molar-refractivity contribution is -0.135. The Bertz CT molecular complexity index is 767. The van der Waals surface area contributed by atoms with Gasteiger partial charge in [0.15, 0.2) is 11.4 Å². The van der Waals surface area contributed by atoms with Crippen molar-refractivity contribution in [3.8, 4) is 5.75 Å². The average Bonchev–Trinajstić information content (AvgIpc) is 2.43. The van der Waals surface area contributed by atoms with Gasteiger partial charge in [-0.2, -0.15) is 0 Å². The topological polar surface area (TPSA) is 99.5 Å². The largest absolute Gasteiger partial charge is 0.505 e. The van der Waals surface area contributed by atoms with Gasteiger partial charge in [-0.05, 0) is 51.2 Å². The van der Waals surface area contributed by atoms with Crippen LogP contribution in [0.5, 0.6) is 5.75 Å². The lowest BCUT2D eigenvalue weighted by Crippen LogP contribution is -2.30. The van der Waals surface area contributed by atoms with E-state index in [9.17, 15) is 14.7 Å². The molecular formula is C12H7ClI2N2O4. The number of aromatic hydroxyl groups is 1. The van der Waals surface area contributed by atoms with Crippen LogP contribution in [0.2, 0.25) is 5.15 Å². The summed E-state index contributed by atoms with van der Waals surface area (Å²) in [6.07, 6.45) is 0. The van der Waals surface area contributed by atoms with E-state index in [4.69, 9.17) is 16.7 Å². The molecule has 1 aromatic carbocycles. The highest BCUT2D eigenvalue weighted by molar-refractivity contribution is 14.1. The van der Waals surface area contributed by atoms with E-state index < -0.39 is 18.4 Å². The number of benzene rings is 1. The number of carboxylic acid groups (broad SMARTS) is 1. The minimum absolute atomic E-state index is 0.0672. The normalized spacial score (nSPS) is 10.6. The van der Waals surface area contributed by atoms with E-state index >= 15 is 0 Å². The summed E-state index contributed by atoms with van der Waals surface area (Å²) >= 11 is 10.2. The molecule has 1 heterocycles.